The van der Waals surface area contributed by atoms with Crippen LogP contribution in [0.4, 0.5) is 9.18 Å². The lowest BCUT2D eigenvalue weighted by Gasteiger charge is -2.24. The third-order valence-corrected chi connectivity index (χ3v) is 5.02. The van der Waals surface area contributed by atoms with E-state index >= 15 is 0 Å². The van der Waals surface area contributed by atoms with E-state index in [0.717, 1.165) is 24.8 Å². The number of hydrogen-bond donors (Lipinski definition) is 1. The molecule has 5 heteroatoms. The standard InChI is InChI=1S/C20H29FN2O2/c21-17-9-7-16(8-10-17)15-23(18-11-12-18)20(24)22-13-4-14-25-19-5-2-1-3-6-19/h7-10,18-19H,1-6,11-15H2,(H,22,24). The van der Waals surface area contributed by atoms with Crippen LogP contribution in [0.25, 0.3) is 0 Å². The van der Waals surface area contributed by atoms with Gasteiger partial charge in [-0.15, -0.1) is 0 Å². The third kappa shape index (κ3) is 5.99. The molecule has 0 aliphatic heterocycles. The minimum Gasteiger partial charge on any atom is -0.378 e. The van der Waals surface area contributed by atoms with Crippen LogP contribution >= 0.6 is 0 Å². The molecule has 2 aliphatic carbocycles. The van der Waals surface area contributed by atoms with Crippen molar-refractivity contribution in [1.29, 1.82) is 0 Å². The van der Waals surface area contributed by atoms with Gasteiger partial charge in [0.25, 0.3) is 0 Å². The smallest absolute Gasteiger partial charge is 0.317 e. The molecule has 4 nitrogen and oxygen atoms in total. The molecule has 0 atom stereocenters. The Morgan fingerprint density at radius 3 is 2.52 bits per heavy atom. The summed E-state index contributed by atoms with van der Waals surface area (Å²) in [6.45, 7) is 1.89. The number of carbonyl (C=O) groups excluding carboxylic acids is 1. The van der Waals surface area contributed by atoms with E-state index in [-0.39, 0.29) is 11.8 Å². The summed E-state index contributed by atoms with van der Waals surface area (Å²) < 4.78 is 18.9. The van der Waals surface area contributed by atoms with Crippen LogP contribution in [0.3, 0.4) is 0 Å². The van der Waals surface area contributed by atoms with Crippen molar-refractivity contribution in [3.8, 4) is 0 Å². The number of nitrogens with one attached hydrogen (secondary N) is 1. The zero-order chi connectivity index (χ0) is 17.5. The van der Waals surface area contributed by atoms with Gasteiger partial charge in [0.1, 0.15) is 5.82 Å². The summed E-state index contributed by atoms with van der Waals surface area (Å²) in [5.41, 5.74) is 0.962. The topological polar surface area (TPSA) is 41.6 Å². The maximum atomic E-state index is 13.0. The van der Waals surface area contributed by atoms with Crippen LogP contribution in [0.15, 0.2) is 24.3 Å². The van der Waals surface area contributed by atoms with E-state index in [2.05, 4.69) is 5.32 Å². The molecule has 2 amide bonds. The summed E-state index contributed by atoms with van der Waals surface area (Å²) in [5.74, 6) is -0.246. The van der Waals surface area contributed by atoms with Gasteiger partial charge in [0.05, 0.1) is 6.10 Å². The summed E-state index contributed by atoms with van der Waals surface area (Å²) in [7, 11) is 0. The lowest BCUT2D eigenvalue weighted by Crippen LogP contribution is -2.41. The van der Waals surface area contributed by atoms with Crippen molar-refractivity contribution < 1.29 is 13.9 Å². The quantitative estimate of drug-likeness (QED) is 0.714. The highest BCUT2D eigenvalue weighted by Crippen LogP contribution is 2.28. The largest absolute Gasteiger partial charge is 0.378 e. The fourth-order valence-electron chi connectivity index (χ4n) is 3.39. The molecule has 138 valence electrons. The second-order valence-corrected chi connectivity index (χ2v) is 7.20. The molecule has 0 heterocycles. The van der Waals surface area contributed by atoms with Crippen molar-refractivity contribution in [3.05, 3.63) is 35.6 Å². The number of benzene rings is 1. The van der Waals surface area contributed by atoms with Gasteiger partial charge >= 0.3 is 6.03 Å². The van der Waals surface area contributed by atoms with E-state index in [9.17, 15) is 9.18 Å². The van der Waals surface area contributed by atoms with Crippen molar-refractivity contribution in [2.75, 3.05) is 13.2 Å². The average Bonchev–Trinajstić information content (AvgIpc) is 3.46. The maximum absolute atomic E-state index is 13.0. The first-order chi connectivity index (χ1) is 12.2. The van der Waals surface area contributed by atoms with Gasteiger partial charge in [0, 0.05) is 25.7 Å². The lowest BCUT2D eigenvalue weighted by molar-refractivity contribution is 0.0274. The molecule has 0 aromatic heterocycles. The monoisotopic (exact) mass is 348 g/mol. The zero-order valence-electron chi connectivity index (χ0n) is 14.9. The molecule has 25 heavy (non-hydrogen) atoms. The Morgan fingerprint density at radius 1 is 1.12 bits per heavy atom. The van der Waals surface area contributed by atoms with E-state index in [1.165, 1.54) is 44.2 Å². The minimum atomic E-state index is -0.246. The fraction of sp³-hybridized carbons (Fsp3) is 0.650. The molecule has 0 unspecified atom stereocenters. The molecule has 0 bridgehead atoms. The van der Waals surface area contributed by atoms with Crippen molar-refractivity contribution in [1.82, 2.24) is 10.2 Å². The molecule has 0 saturated heterocycles. The summed E-state index contributed by atoms with van der Waals surface area (Å²) in [5, 5.41) is 3.01. The number of nitrogens with zero attached hydrogens (tertiary/aromatic N) is 1. The van der Waals surface area contributed by atoms with Gasteiger partial charge in [-0.25, -0.2) is 9.18 Å². The highest BCUT2D eigenvalue weighted by molar-refractivity contribution is 5.74. The summed E-state index contributed by atoms with van der Waals surface area (Å²) >= 11 is 0. The molecule has 0 spiro atoms. The second-order valence-electron chi connectivity index (χ2n) is 7.20. The van der Waals surface area contributed by atoms with Gasteiger partial charge in [0.15, 0.2) is 0 Å². The fourth-order valence-corrected chi connectivity index (χ4v) is 3.39. The summed E-state index contributed by atoms with van der Waals surface area (Å²) in [4.78, 5) is 14.3. The normalized spacial score (nSPS) is 18.1. The van der Waals surface area contributed by atoms with E-state index in [4.69, 9.17) is 4.74 Å². The summed E-state index contributed by atoms with van der Waals surface area (Å²) in [6.07, 6.45) is 9.63. The first kappa shape index (κ1) is 18.2. The number of ether oxygens (including phenoxy) is 1. The van der Waals surface area contributed by atoms with Crippen LogP contribution in [0, 0.1) is 5.82 Å². The number of rotatable bonds is 8. The van der Waals surface area contributed by atoms with Crippen LogP contribution in [-0.4, -0.2) is 36.2 Å². The maximum Gasteiger partial charge on any atom is 0.317 e. The van der Waals surface area contributed by atoms with Crippen molar-refractivity contribution in [2.24, 2.45) is 0 Å². The van der Waals surface area contributed by atoms with Crippen molar-refractivity contribution in [3.63, 3.8) is 0 Å². The average molecular weight is 348 g/mol. The molecule has 2 fully saturated rings. The number of halogens is 1. The molecule has 2 saturated carbocycles. The highest BCUT2D eigenvalue weighted by Gasteiger charge is 2.32. The molecule has 0 radical (unpaired) electrons. The Hall–Kier alpha value is -1.62. The minimum absolute atomic E-state index is 0.0236. The van der Waals surface area contributed by atoms with Gasteiger partial charge in [-0.2, -0.15) is 0 Å². The van der Waals surface area contributed by atoms with Gasteiger partial charge < -0.3 is 15.0 Å². The third-order valence-electron chi connectivity index (χ3n) is 5.02. The van der Waals surface area contributed by atoms with Gasteiger partial charge in [-0.1, -0.05) is 31.4 Å². The molecular formula is C20H29FN2O2. The molecule has 1 aromatic rings. The highest BCUT2D eigenvalue weighted by atomic mass is 19.1. The Kier molecular flexibility index (Phi) is 6.68. The SMILES string of the molecule is O=C(NCCCOC1CCCCC1)N(Cc1ccc(F)cc1)C1CC1. The number of urea groups is 1. The van der Waals surface area contributed by atoms with Crippen molar-refractivity contribution >= 4 is 6.03 Å². The first-order valence-corrected chi connectivity index (χ1v) is 9.63. The predicted octanol–water partition coefficient (Wildman–Crippen LogP) is 4.24. The van der Waals surface area contributed by atoms with Gasteiger partial charge in [-0.05, 0) is 49.8 Å². The number of hydrogen-bond acceptors (Lipinski definition) is 2. The first-order valence-electron chi connectivity index (χ1n) is 9.63. The number of amides is 2. The Balaban J connectivity index is 1.36. The second kappa shape index (κ2) is 9.18. The van der Waals surface area contributed by atoms with E-state index in [1.807, 2.05) is 4.90 Å². The van der Waals surface area contributed by atoms with Crippen LogP contribution in [0.5, 0.6) is 0 Å². The molecule has 2 aliphatic rings. The summed E-state index contributed by atoms with van der Waals surface area (Å²) in [6, 6.07) is 6.68. The van der Waals surface area contributed by atoms with Crippen LogP contribution in [0.1, 0.15) is 56.9 Å². The van der Waals surface area contributed by atoms with E-state index in [1.54, 1.807) is 12.1 Å². The Morgan fingerprint density at radius 2 is 1.84 bits per heavy atom. The predicted molar refractivity (Wildman–Crippen MR) is 95.8 cm³/mol. The zero-order valence-corrected chi connectivity index (χ0v) is 14.9. The lowest BCUT2D eigenvalue weighted by atomic mass is 9.98. The number of carbonyl (C=O) groups is 1. The molecule has 1 N–H and O–H groups in total. The van der Waals surface area contributed by atoms with Crippen molar-refractivity contribution in [2.45, 2.75) is 70.1 Å². The molecule has 1 aromatic carbocycles. The van der Waals surface area contributed by atoms with E-state index < -0.39 is 0 Å². The Bertz CT molecular complexity index is 539. The van der Waals surface area contributed by atoms with Gasteiger partial charge in [-0.3, -0.25) is 0 Å². The Labute approximate surface area is 149 Å². The molecular weight excluding hydrogens is 319 g/mol. The molecule has 3 rings (SSSR count). The van der Waals surface area contributed by atoms with Crippen LogP contribution in [0.2, 0.25) is 0 Å². The van der Waals surface area contributed by atoms with Crippen LogP contribution < -0.4 is 5.32 Å². The van der Waals surface area contributed by atoms with E-state index in [0.29, 0.717) is 31.8 Å². The van der Waals surface area contributed by atoms with Crippen LogP contribution in [-0.2, 0) is 11.3 Å². The van der Waals surface area contributed by atoms with Gasteiger partial charge in [0.2, 0.25) is 0 Å².